The van der Waals surface area contributed by atoms with E-state index in [0.29, 0.717) is 42.9 Å². The Hall–Kier alpha value is -2.62. The maximum Gasteiger partial charge on any atom is 0.433 e. The van der Waals surface area contributed by atoms with Crippen LogP contribution in [0.1, 0.15) is 80.4 Å². The number of carboxylic acid groups (broad SMARTS) is 1. The number of nitrogens with zero attached hydrogens (tertiary/aromatic N) is 2. The van der Waals surface area contributed by atoms with E-state index >= 15 is 0 Å². The fourth-order valence-corrected chi connectivity index (χ4v) is 4.86. The highest BCUT2D eigenvalue weighted by Crippen LogP contribution is 2.43. The van der Waals surface area contributed by atoms with Crippen LogP contribution in [-0.4, -0.2) is 22.4 Å². The summed E-state index contributed by atoms with van der Waals surface area (Å²) in [5, 5.41) is 11.2. The van der Waals surface area contributed by atoms with Crippen molar-refractivity contribution < 1.29 is 36.2 Å². The number of aromatic nitrogens is 1. The molecular formula is C26H29F6N2O2-. The summed E-state index contributed by atoms with van der Waals surface area (Å²) in [7, 11) is 0. The molecule has 0 saturated carbocycles. The van der Waals surface area contributed by atoms with Gasteiger partial charge in [-0.3, -0.25) is 9.88 Å². The van der Waals surface area contributed by atoms with Gasteiger partial charge in [-0.2, -0.15) is 26.3 Å². The van der Waals surface area contributed by atoms with Crippen LogP contribution in [0.15, 0.2) is 42.6 Å². The minimum Gasteiger partial charge on any atom is -0.550 e. The zero-order chi connectivity index (χ0) is 26.7. The summed E-state index contributed by atoms with van der Waals surface area (Å²) in [4.78, 5) is 16.9. The molecule has 2 aromatic rings. The van der Waals surface area contributed by atoms with Crippen molar-refractivity contribution in [3.63, 3.8) is 0 Å². The van der Waals surface area contributed by atoms with Gasteiger partial charge in [0.25, 0.3) is 0 Å². The molecule has 198 valence electrons. The number of alkyl halides is 6. The molecule has 4 nitrogen and oxygen atoms in total. The number of hydrogen-bond donors (Lipinski definition) is 0. The van der Waals surface area contributed by atoms with Crippen LogP contribution < -0.4 is 5.11 Å². The van der Waals surface area contributed by atoms with Gasteiger partial charge in [0.15, 0.2) is 0 Å². The molecule has 36 heavy (non-hydrogen) atoms. The molecule has 2 heterocycles. The van der Waals surface area contributed by atoms with Crippen molar-refractivity contribution >= 4 is 5.97 Å². The fraction of sp³-hybridized carbons (Fsp3) is 0.538. The molecule has 1 aromatic heterocycles. The van der Waals surface area contributed by atoms with Gasteiger partial charge in [0, 0.05) is 24.2 Å². The van der Waals surface area contributed by atoms with Gasteiger partial charge in [-0.15, -0.1) is 0 Å². The minimum absolute atomic E-state index is 0.163. The number of halogens is 6. The van der Waals surface area contributed by atoms with Gasteiger partial charge in [0.05, 0.1) is 5.56 Å². The monoisotopic (exact) mass is 515 g/mol. The third-order valence-electron chi connectivity index (χ3n) is 6.71. The van der Waals surface area contributed by atoms with Gasteiger partial charge in [-0.1, -0.05) is 32.0 Å². The van der Waals surface area contributed by atoms with Crippen LogP contribution in [0.3, 0.4) is 0 Å². The van der Waals surface area contributed by atoms with Crippen LogP contribution >= 0.6 is 0 Å². The first kappa shape index (κ1) is 28.0. The smallest absolute Gasteiger partial charge is 0.433 e. The standard InChI is InChI=1S/C26H30F6N2O2/c1-16(2)3-9-21(19-6-10-23(33-15-19)26(30,31)32)34-12-11-17(14-24(35)36)13-22(34)18-4-7-20(8-5-18)25(27,28)29/h4-8,10,15-17,21-22H,3,9,11-14H2,1-2H3,(H,35,36)/p-1/t17-,21-,22+/m1/s1. The fourth-order valence-electron chi connectivity index (χ4n) is 4.86. The van der Waals surface area contributed by atoms with E-state index in [1.54, 1.807) is 0 Å². The number of hydrogen-bond acceptors (Lipinski definition) is 4. The molecular weight excluding hydrogens is 486 g/mol. The van der Waals surface area contributed by atoms with E-state index in [9.17, 15) is 36.2 Å². The predicted molar refractivity (Wildman–Crippen MR) is 119 cm³/mol. The predicted octanol–water partition coefficient (Wildman–Crippen LogP) is 6.19. The van der Waals surface area contributed by atoms with Crippen LogP contribution in [0.25, 0.3) is 0 Å². The Morgan fingerprint density at radius 2 is 1.69 bits per heavy atom. The Bertz CT molecular complexity index is 1000. The van der Waals surface area contributed by atoms with E-state index < -0.39 is 35.6 Å². The number of carboxylic acids is 1. The maximum absolute atomic E-state index is 13.1. The number of carbonyl (C=O) groups excluding carboxylic acids is 1. The van der Waals surface area contributed by atoms with Crippen molar-refractivity contribution in [1.29, 1.82) is 0 Å². The van der Waals surface area contributed by atoms with Crippen molar-refractivity contribution in [3.8, 4) is 0 Å². The molecule has 0 unspecified atom stereocenters. The van der Waals surface area contributed by atoms with E-state index in [1.165, 1.54) is 24.4 Å². The highest BCUT2D eigenvalue weighted by Gasteiger charge is 2.37. The molecule has 0 amide bonds. The minimum atomic E-state index is -4.57. The summed E-state index contributed by atoms with van der Waals surface area (Å²) in [6, 6.07) is 6.38. The lowest BCUT2D eigenvalue weighted by Gasteiger charge is -2.45. The van der Waals surface area contributed by atoms with Crippen LogP contribution in [0.2, 0.25) is 0 Å². The van der Waals surface area contributed by atoms with Crippen molar-refractivity contribution in [2.24, 2.45) is 11.8 Å². The van der Waals surface area contributed by atoms with Gasteiger partial charge in [0.2, 0.25) is 0 Å². The SMILES string of the molecule is CC(C)CC[C@H](c1ccc(C(F)(F)F)nc1)N1CC[C@@H](CC(=O)[O-])C[C@H]1c1ccc(C(F)(F)F)cc1. The summed E-state index contributed by atoms with van der Waals surface area (Å²) in [6.07, 6.45) is -5.74. The van der Waals surface area contributed by atoms with E-state index in [1.807, 2.05) is 13.8 Å². The molecule has 0 radical (unpaired) electrons. The van der Waals surface area contributed by atoms with E-state index in [0.717, 1.165) is 24.6 Å². The van der Waals surface area contributed by atoms with Crippen molar-refractivity contribution in [2.75, 3.05) is 6.54 Å². The number of piperidine rings is 1. The van der Waals surface area contributed by atoms with Crippen molar-refractivity contribution in [3.05, 3.63) is 65.0 Å². The molecule has 0 N–H and O–H groups in total. The zero-order valence-electron chi connectivity index (χ0n) is 20.1. The number of pyridine rings is 1. The van der Waals surface area contributed by atoms with E-state index in [-0.39, 0.29) is 18.4 Å². The molecule has 1 aliphatic heterocycles. The molecule has 1 saturated heterocycles. The molecule has 1 aliphatic rings. The number of benzene rings is 1. The normalized spacial score (nSPS) is 20.5. The first-order chi connectivity index (χ1) is 16.8. The van der Waals surface area contributed by atoms with E-state index in [4.69, 9.17) is 0 Å². The number of rotatable bonds is 8. The zero-order valence-corrected chi connectivity index (χ0v) is 20.1. The molecule has 3 atom stereocenters. The third kappa shape index (κ3) is 7.21. The summed E-state index contributed by atoms with van der Waals surface area (Å²) in [5.74, 6) is -1.10. The number of aliphatic carboxylic acids is 1. The van der Waals surface area contributed by atoms with Gasteiger partial charge in [0.1, 0.15) is 5.69 Å². The summed E-state index contributed by atoms with van der Waals surface area (Å²) < 4.78 is 78.6. The van der Waals surface area contributed by atoms with Crippen molar-refractivity contribution in [2.45, 2.75) is 70.4 Å². The topological polar surface area (TPSA) is 56.3 Å². The van der Waals surface area contributed by atoms with Crippen LogP contribution in [0.4, 0.5) is 26.3 Å². The van der Waals surface area contributed by atoms with Gasteiger partial charge in [-0.25, -0.2) is 0 Å². The lowest BCUT2D eigenvalue weighted by Crippen LogP contribution is -2.41. The third-order valence-corrected chi connectivity index (χ3v) is 6.71. The highest BCUT2D eigenvalue weighted by atomic mass is 19.4. The summed E-state index contributed by atoms with van der Waals surface area (Å²) in [6.45, 7) is 4.50. The average Bonchev–Trinajstić information content (AvgIpc) is 2.78. The number of likely N-dealkylation sites (tertiary alicyclic amines) is 1. The van der Waals surface area contributed by atoms with Crippen LogP contribution in [0, 0.1) is 11.8 Å². The number of carbonyl (C=O) groups is 1. The second kappa shape index (κ2) is 11.2. The maximum atomic E-state index is 13.1. The molecule has 0 spiro atoms. The Morgan fingerprint density at radius 1 is 1.03 bits per heavy atom. The average molecular weight is 516 g/mol. The Kier molecular flexibility index (Phi) is 8.69. The van der Waals surface area contributed by atoms with Crippen LogP contribution in [-0.2, 0) is 17.1 Å². The molecule has 0 aliphatic carbocycles. The lowest BCUT2D eigenvalue weighted by atomic mass is 9.82. The second-order valence-electron chi connectivity index (χ2n) is 9.80. The van der Waals surface area contributed by atoms with Gasteiger partial charge in [-0.05, 0) is 79.8 Å². The van der Waals surface area contributed by atoms with E-state index in [2.05, 4.69) is 9.88 Å². The second-order valence-corrected chi connectivity index (χ2v) is 9.80. The molecule has 1 fully saturated rings. The lowest BCUT2D eigenvalue weighted by molar-refractivity contribution is -0.307. The van der Waals surface area contributed by atoms with Gasteiger partial charge < -0.3 is 9.90 Å². The molecule has 3 rings (SSSR count). The first-order valence-corrected chi connectivity index (χ1v) is 11.9. The van der Waals surface area contributed by atoms with Crippen molar-refractivity contribution in [1.82, 2.24) is 9.88 Å². The summed E-state index contributed by atoms with van der Waals surface area (Å²) in [5.41, 5.74) is -0.608. The molecule has 1 aromatic carbocycles. The largest absolute Gasteiger partial charge is 0.550 e. The van der Waals surface area contributed by atoms with Gasteiger partial charge >= 0.3 is 12.4 Å². The Balaban J connectivity index is 1.99. The first-order valence-electron chi connectivity index (χ1n) is 11.9. The quantitative estimate of drug-likeness (QED) is 0.394. The summed E-state index contributed by atoms with van der Waals surface area (Å²) >= 11 is 0. The molecule has 0 bridgehead atoms. The highest BCUT2D eigenvalue weighted by molar-refractivity contribution is 5.64. The Labute approximate surface area is 206 Å². The van der Waals surface area contributed by atoms with Crippen LogP contribution in [0.5, 0.6) is 0 Å². The molecule has 10 heteroatoms. The Morgan fingerprint density at radius 3 is 2.19 bits per heavy atom.